The van der Waals surface area contributed by atoms with Crippen molar-refractivity contribution in [1.82, 2.24) is 0 Å². The molecule has 0 heterocycles. The minimum Gasteiger partial charge on any atom is -0.207 e. The Morgan fingerprint density at radius 3 is 2.62 bits per heavy atom. The van der Waals surface area contributed by atoms with Crippen LogP contribution in [0.2, 0.25) is 0 Å². The predicted octanol–water partition coefficient (Wildman–Crippen LogP) is 3.79. The molecule has 0 fully saturated rings. The summed E-state index contributed by atoms with van der Waals surface area (Å²) in [6.07, 6.45) is 1.91. The highest BCUT2D eigenvalue weighted by atomic mass is 79.9. The van der Waals surface area contributed by atoms with Crippen LogP contribution >= 0.6 is 15.9 Å². The maximum absolute atomic E-state index is 13.2. The summed E-state index contributed by atoms with van der Waals surface area (Å²) in [5.41, 5.74) is 0.828. The standard InChI is InChI=1S/C11H14BrF/c1-2-9(8-12)7-10-5-3-4-6-11(10)13/h3-6,9H,2,7-8H2,1H3. The van der Waals surface area contributed by atoms with E-state index in [4.69, 9.17) is 0 Å². The maximum atomic E-state index is 13.2. The van der Waals surface area contributed by atoms with E-state index in [-0.39, 0.29) is 5.82 Å². The summed E-state index contributed by atoms with van der Waals surface area (Å²) in [5.74, 6) is 0.457. The molecule has 0 saturated carbocycles. The molecule has 1 aromatic carbocycles. The second kappa shape index (κ2) is 5.38. The summed E-state index contributed by atoms with van der Waals surface area (Å²) in [6.45, 7) is 2.13. The number of hydrogen-bond donors (Lipinski definition) is 0. The molecule has 1 rings (SSSR count). The zero-order chi connectivity index (χ0) is 9.68. The van der Waals surface area contributed by atoms with Gasteiger partial charge in [0.05, 0.1) is 0 Å². The van der Waals surface area contributed by atoms with Crippen molar-refractivity contribution in [3.05, 3.63) is 35.6 Å². The summed E-state index contributed by atoms with van der Waals surface area (Å²) in [6, 6.07) is 7.00. The minimum absolute atomic E-state index is 0.0816. The van der Waals surface area contributed by atoms with Crippen molar-refractivity contribution in [2.75, 3.05) is 5.33 Å². The average molecular weight is 245 g/mol. The molecule has 0 aliphatic rings. The number of benzene rings is 1. The first-order valence-corrected chi connectivity index (χ1v) is 5.69. The summed E-state index contributed by atoms with van der Waals surface area (Å²) in [7, 11) is 0. The number of halogens is 2. The molecule has 2 heteroatoms. The van der Waals surface area contributed by atoms with Crippen LogP contribution in [-0.2, 0) is 6.42 Å². The van der Waals surface area contributed by atoms with Gasteiger partial charge < -0.3 is 0 Å². The topological polar surface area (TPSA) is 0 Å². The summed E-state index contributed by atoms with van der Waals surface area (Å²) in [5, 5.41) is 0.942. The second-order valence-electron chi connectivity index (χ2n) is 3.22. The van der Waals surface area contributed by atoms with E-state index < -0.39 is 0 Å². The van der Waals surface area contributed by atoms with Crippen LogP contribution in [0, 0.1) is 11.7 Å². The normalized spacial score (nSPS) is 12.8. The van der Waals surface area contributed by atoms with E-state index in [0.29, 0.717) is 5.92 Å². The molecule has 72 valence electrons. The van der Waals surface area contributed by atoms with Gasteiger partial charge >= 0.3 is 0 Å². The Hall–Kier alpha value is -0.370. The first-order chi connectivity index (χ1) is 6.27. The van der Waals surface area contributed by atoms with Crippen LogP contribution in [0.5, 0.6) is 0 Å². The minimum atomic E-state index is -0.0816. The van der Waals surface area contributed by atoms with Crippen LogP contribution in [0.25, 0.3) is 0 Å². The molecular weight excluding hydrogens is 231 g/mol. The van der Waals surface area contributed by atoms with Crippen molar-refractivity contribution in [3.63, 3.8) is 0 Å². The van der Waals surface area contributed by atoms with Crippen LogP contribution in [-0.4, -0.2) is 5.33 Å². The zero-order valence-electron chi connectivity index (χ0n) is 7.76. The quantitative estimate of drug-likeness (QED) is 0.708. The molecule has 0 nitrogen and oxygen atoms in total. The fourth-order valence-corrected chi connectivity index (χ4v) is 1.97. The van der Waals surface area contributed by atoms with Gasteiger partial charge in [0.25, 0.3) is 0 Å². The van der Waals surface area contributed by atoms with Crippen molar-refractivity contribution in [2.45, 2.75) is 19.8 Å². The molecule has 0 bridgehead atoms. The molecule has 0 aromatic heterocycles. The van der Waals surface area contributed by atoms with Gasteiger partial charge in [-0.3, -0.25) is 0 Å². The van der Waals surface area contributed by atoms with Crippen molar-refractivity contribution in [3.8, 4) is 0 Å². The monoisotopic (exact) mass is 244 g/mol. The molecule has 0 spiro atoms. The third-order valence-electron chi connectivity index (χ3n) is 2.26. The van der Waals surface area contributed by atoms with E-state index in [1.165, 1.54) is 6.07 Å². The highest BCUT2D eigenvalue weighted by Gasteiger charge is 2.08. The van der Waals surface area contributed by atoms with Gasteiger partial charge in [-0.15, -0.1) is 0 Å². The van der Waals surface area contributed by atoms with Gasteiger partial charge in [-0.25, -0.2) is 4.39 Å². The smallest absolute Gasteiger partial charge is 0.126 e. The molecule has 0 N–H and O–H groups in total. The van der Waals surface area contributed by atoms with Gasteiger partial charge in [0.1, 0.15) is 5.82 Å². The molecule has 0 saturated heterocycles. The lowest BCUT2D eigenvalue weighted by molar-refractivity contribution is 0.540. The Morgan fingerprint density at radius 1 is 1.38 bits per heavy atom. The molecule has 0 radical (unpaired) electrons. The van der Waals surface area contributed by atoms with E-state index in [2.05, 4.69) is 22.9 Å². The molecule has 0 amide bonds. The van der Waals surface area contributed by atoms with E-state index in [0.717, 1.165) is 23.7 Å². The van der Waals surface area contributed by atoms with Gasteiger partial charge in [-0.2, -0.15) is 0 Å². The van der Waals surface area contributed by atoms with Crippen molar-refractivity contribution < 1.29 is 4.39 Å². The Kier molecular flexibility index (Phi) is 4.43. The first kappa shape index (κ1) is 10.7. The lowest BCUT2D eigenvalue weighted by atomic mass is 9.99. The Morgan fingerprint density at radius 2 is 2.08 bits per heavy atom. The predicted molar refractivity (Wildman–Crippen MR) is 57.7 cm³/mol. The van der Waals surface area contributed by atoms with Crippen molar-refractivity contribution in [2.24, 2.45) is 5.92 Å². The summed E-state index contributed by atoms with van der Waals surface area (Å²) in [4.78, 5) is 0. The Balaban J connectivity index is 2.67. The third kappa shape index (κ3) is 3.11. The fraction of sp³-hybridized carbons (Fsp3) is 0.455. The van der Waals surface area contributed by atoms with Crippen LogP contribution in [0.15, 0.2) is 24.3 Å². The van der Waals surface area contributed by atoms with Gasteiger partial charge in [0, 0.05) is 5.33 Å². The largest absolute Gasteiger partial charge is 0.207 e. The molecule has 1 unspecified atom stereocenters. The van der Waals surface area contributed by atoms with E-state index in [1.807, 2.05) is 12.1 Å². The third-order valence-corrected chi connectivity index (χ3v) is 3.18. The number of hydrogen-bond acceptors (Lipinski definition) is 0. The fourth-order valence-electron chi connectivity index (χ4n) is 1.28. The van der Waals surface area contributed by atoms with Crippen molar-refractivity contribution >= 4 is 15.9 Å². The van der Waals surface area contributed by atoms with E-state index in [1.54, 1.807) is 6.07 Å². The molecule has 1 atom stereocenters. The van der Waals surface area contributed by atoms with Crippen LogP contribution < -0.4 is 0 Å². The average Bonchev–Trinajstić information content (AvgIpc) is 2.17. The van der Waals surface area contributed by atoms with Gasteiger partial charge in [0.15, 0.2) is 0 Å². The summed E-state index contributed by atoms with van der Waals surface area (Å²) < 4.78 is 13.2. The van der Waals surface area contributed by atoms with Crippen LogP contribution in [0.3, 0.4) is 0 Å². The maximum Gasteiger partial charge on any atom is 0.126 e. The Bertz CT molecular complexity index is 256. The SMILES string of the molecule is CCC(CBr)Cc1ccccc1F. The molecule has 0 aliphatic carbocycles. The van der Waals surface area contributed by atoms with Gasteiger partial charge in [0.2, 0.25) is 0 Å². The highest BCUT2D eigenvalue weighted by Crippen LogP contribution is 2.16. The lowest BCUT2D eigenvalue weighted by Crippen LogP contribution is -2.05. The second-order valence-corrected chi connectivity index (χ2v) is 3.87. The zero-order valence-corrected chi connectivity index (χ0v) is 9.35. The molecule has 13 heavy (non-hydrogen) atoms. The Labute approximate surface area is 87.3 Å². The van der Waals surface area contributed by atoms with Crippen LogP contribution in [0.1, 0.15) is 18.9 Å². The van der Waals surface area contributed by atoms with Crippen LogP contribution in [0.4, 0.5) is 4.39 Å². The number of alkyl halides is 1. The first-order valence-electron chi connectivity index (χ1n) is 4.57. The molecule has 0 aliphatic heterocycles. The van der Waals surface area contributed by atoms with Gasteiger partial charge in [-0.1, -0.05) is 47.5 Å². The molecular formula is C11H14BrF. The summed E-state index contributed by atoms with van der Waals surface area (Å²) >= 11 is 3.44. The van der Waals surface area contributed by atoms with Crippen molar-refractivity contribution in [1.29, 1.82) is 0 Å². The molecule has 1 aromatic rings. The number of rotatable bonds is 4. The lowest BCUT2D eigenvalue weighted by Gasteiger charge is -2.11. The highest BCUT2D eigenvalue weighted by molar-refractivity contribution is 9.09. The van der Waals surface area contributed by atoms with E-state index in [9.17, 15) is 4.39 Å². The van der Waals surface area contributed by atoms with Gasteiger partial charge in [-0.05, 0) is 24.0 Å². The van der Waals surface area contributed by atoms with E-state index >= 15 is 0 Å².